The second-order valence-corrected chi connectivity index (χ2v) is 7.63. The quantitative estimate of drug-likeness (QED) is 0.786. The van der Waals surface area contributed by atoms with Crippen LogP contribution in [0.2, 0.25) is 5.02 Å². The van der Waals surface area contributed by atoms with Crippen LogP contribution in [0.25, 0.3) is 0 Å². The third-order valence-corrected chi connectivity index (χ3v) is 5.42. The van der Waals surface area contributed by atoms with Crippen LogP contribution < -0.4 is 4.74 Å². The summed E-state index contributed by atoms with van der Waals surface area (Å²) in [6.07, 6.45) is 2.51. The van der Waals surface area contributed by atoms with Crippen LogP contribution in [-0.4, -0.2) is 37.3 Å². The van der Waals surface area contributed by atoms with Crippen molar-refractivity contribution >= 4 is 27.2 Å². The van der Waals surface area contributed by atoms with Crippen molar-refractivity contribution in [1.29, 1.82) is 0 Å². The fourth-order valence-corrected chi connectivity index (χ4v) is 4.24. The van der Waals surface area contributed by atoms with Crippen LogP contribution in [0.1, 0.15) is 27.0 Å². The zero-order valence-corrected chi connectivity index (χ0v) is 15.0. The van der Waals surface area contributed by atoms with E-state index in [0.717, 1.165) is 6.26 Å². The summed E-state index contributed by atoms with van der Waals surface area (Å²) in [6.45, 7) is 3.22. The molecule has 0 bridgehead atoms. The normalized spacial score (nSPS) is 11.6. The lowest BCUT2D eigenvalue weighted by atomic mass is 10.0. The van der Waals surface area contributed by atoms with E-state index in [1.165, 1.54) is 24.1 Å². The Morgan fingerprint density at radius 1 is 1.30 bits per heavy atom. The lowest BCUT2D eigenvalue weighted by Gasteiger charge is -2.13. The molecule has 0 aliphatic heterocycles. The SMILES string of the molecule is COc1c(C(=O)c2cc(C)c(S(C)(=O)=O)c(C)c2Cl)cnn1C. The molecule has 1 aromatic carbocycles. The first-order valence-corrected chi connectivity index (χ1v) is 8.97. The van der Waals surface area contributed by atoms with Gasteiger partial charge in [-0.2, -0.15) is 5.10 Å². The summed E-state index contributed by atoms with van der Waals surface area (Å²) >= 11 is 6.27. The molecule has 0 N–H and O–H groups in total. The van der Waals surface area contributed by atoms with Crippen LogP contribution in [0.15, 0.2) is 17.2 Å². The van der Waals surface area contributed by atoms with Crippen LogP contribution >= 0.6 is 11.6 Å². The molecule has 0 radical (unpaired) electrons. The standard InChI is InChI=1S/C15H17ClN2O4S/c1-8-6-10(12(16)9(2)14(8)23(5,20)21)13(19)11-7-17-18(3)15(11)22-4/h6-7H,1-5H3. The molecule has 124 valence electrons. The average molecular weight is 357 g/mol. The molecule has 0 spiro atoms. The number of ketones is 1. The molecular weight excluding hydrogens is 340 g/mol. The molecule has 0 saturated heterocycles. The number of aryl methyl sites for hydroxylation is 2. The molecule has 0 aliphatic carbocycles. The summed E-state index contributed by atoms with van der Waals surface area (Å²) in [5.41, 5.74) is 1.32. The Morgan fingerprint density at radius 2 is 1.91 bits per heavy atom. The van der Waals surface area contributed by atoms with Crippen LogP contribution in [0, 0.1) is 13.8 Å². The van der Waals surface area contributed by atoms with E-state index in [1.54, 1.807) is 20.9 Å². The number of ether oxygens (including phenoxy) is 1. The largest absolute Gasteiger partial charge is 0.481 e. The second-order valence-electron chi connectivity index (χ2n) is 5.30. The van der Waals surface area contributed by atoms with Gasteiger partial charge in [-0.1, -0.05) is 11.6 Å². The molecular formula is C15H17ClN2O4S. The van der Waals surface area contributed by atoms with E-state index in [2.05, 4.69) is 5.10 Å². The zero-order valence-electron chi connectivity index (χ0n) is 13.5. The molecule has 0 aliphatic rings. The van der Waals surface area contributed by atoms with E-state index in [-0.39, 0.29) is 26.8 Å². The third kappa shape index (κ3) is 2.98. The second kappa shape index (κ2) is 5.98. The first-order chi connectivity index (χ1) is 10.6. The predicted molar refractivity (Wildman–Crippen MR) is 87.2 cm³/mol. The average Bonchev–Trinajstić information content (AvgIpc) is 2.81. The number of halogens is 1. The molecule has 0 unspecified atom stereocenters. The lowest BCUT2D eigenvalue weighted by molar-refractivity contribution is 0.103. The van der Waals surface area contributed by atoms with E-state index in [1.807, 2.05) is 0 Å². The minimum Gasteiger partial charge on any atom is -0.481 e. The fraction of sp³-hybridized carbons (Fsp3) is 0.333. The number of sulfone groups is 1. The minimum absolute atomic E-state index is 0.118. The number of methoxy groups -OCH3 is 1. The molecule has 23 heavy (non-hydrogen) atoms. The summed E-state index contributed by atoms with van der Waals surface area (Å²) in [4.78, 5) is 12.9. The lowest BCUT2D eigenvalue weighted by Crippen LogP contribution is -2.10. The summed E-state index contributed by atoms with van der Waals surface area (Å²) in [6, 6.07) is 1.49. The number of carbonyl (C=O) groups excluding carboxylic acids is 1. The van der Waals surface area contributed by atoms with Crippen molar-refractivity contribution < 1.29 is 17.9 Å². The molecule has 0 amide bonds. The van der Waals surface area contributed by atoms with Gasteiger partial charge in [-0.05, 0) is 31.0 Å². The number of aromatic nitrogens is 2. The molecule has 0 fully saturated rings. The Morgan fingerprint density at radius 3 is 2.43 bits per heavy atom. The molecule has 0 atom stereocenters. The maximum Gasteiger partial charge on any atom is 0.222 e. The Balaban J connectivity index is 2.68. The van der Waals surface area contributed by atoms with Gasteiger partial charge in [0.25, 0.3) is 0 Å². The minimum atomic E-state index is -3.44. The highest BCUT2D eigenvalue weighted by molar-refractivity contribution is 7.90. The topological polar surface area (TPSA) is 78.3 Å². The van der Waals surface area contributed by atoms with Gasteiger partial charge in [0.2, 0.25) is 11.7 Å². The first kappa shape index (κ1) is 17.5. The Kier molecular flexibility index (Phi) is 4.54. The third-order valence-electron chi connectivity index (χ3n) is 3.56. The monoisotopic (exact) mass is 356 g/mol. The first-order valence-electron chi connectivity index (χ1n) is 6.70. The molecule has 2 rings (SSSR count). The van der Waals surface area contributed by atoms with Crippen molar-refractivity contribution in [3.8, 4) is 5.88 Å². The van der Waals surface area contributed by atoms with E-state index >= 15 is 0 Å². The van der Waals surface area contributed by atoms with Gasteiger partial charge in [-0.25, -0.2) is 13.1 Å². The summed E-state index contributed by atoms with van der Waals surface area (Å²) in [5, 5.41) is 4.11. The van der Waals surface area contributed by atoms with Crippen molar-refractivity contribution in [3.05, 3.63) is 39.5 Å². The van der Waals surface area contributed by atoms with Crippen molar-refractivity contribution in [1.82, 2.24) is 9.78 Å². The van der Waals surface area contributed by atoms with E-state index in [9.17, 15) is 13.2 Å². The van der Waals surface area contributed by atoms with Crippen LogP contribution in [0.5, 0.6) is 5.88 Å². The molecule has 6 nitrogen and oxygen atoms in total. The summed E-state index contributed by atoms with van der Waals surface area (Å²) in [5.74, 6) is -0.0558. The van der Waals surface area contributed by atoms with Gasteiger partial charge in [0.05, 0.1) is 23.2 Å². The van der Waals surface area contributed by atoms with Gasteiger partial charge in [0.15, 0.2) is 9.84 Å². The Hall–Kier alpha value is -1.86. The Labute approximate surface area is 139 Å². The highest BCUT2D eigenvalue weighted by Crippen LogP contribution is 2.33. The van der Waals surface area contributed by atoms with Gasteiger partial charge in [-0.3, -0.25) is 4.79 Å². The molecule has 2 aromatic rings. The van der Waals surface area contributed by atoms with Gasteiger partial charge in [0.1, 0.15) is 5.56 Å². The highest BCUT2D eigenvalue weighted by Gasteiger charge is 2.25. The van der Waals surface area contributed by atoms with Gasteiger partial charge in [-0.15, -0.1) is 0 Å². The van der Waals surface area contributed by atoms with Crippen molar-refractivity contribution in [2.75, 3.05) is 13.4 Å². The summed E-state index contributed by atoms with van der Waals surface area (Å²) < 4.78 is 30.4. The number of benzene rings is 1. The maximum atomic E-state index is 12.8. The molecule has 1 aromatic heterocycles. The van der Waals surface area contributed by atoms with Crippen molar-refractivity contribution in [2.45, 2.75) is 18.7 Å². The summed E-state index contributed by atoms with van der Waals surface area (Å²) in [7, 11) is -0.343. The Bertz CT molecular complexity index is 901. The van der Waals surface area contributed by atoms with Gasteiger partial charge < -0.3 is 4.74 Å². The highest BCUT2D eigenvalue weighted by atomic mass is 35.5. The smallest absolute Gasteiger partial charge is 0.222 e. The zero-order chi connectivity index (χ0) is 17.5. The van der Waals surface area contributed by atoms with Crippen molar-refractivity contribution in [2.24, 2.45) is 7.05 Å². The number of rotatable bonds is 4. The number of carbonyl (C=O) groups is 1. The van der Waals surface area contributed by atoms with E-state index < -0.39 is 9.84 Å². The number of nitrogens with zero attached hydrogens (tertiary/aromatic N) is 2. The number of hydrogen-bond donors (Lipinski definition) is 0. The van der Waals surface area contributed by atoms with E-state index in [0.29, 0.717) is 17.0 Å². The fourth-order valence-electron chi connectivity index (χ4n) is 2.65. The van der Waals surface area contributed by atoms with Crippen LogP contribution in [-0.2, 0) is 16.9 Å². The van der Waals surface area contributed by atoms with E-state index in [4.69, 9.17) is 16.3 Å². The van der Waals surface area contributed by atoms with Gasteiger partial charge >= 0.3 is 0 Å². The van der Waals surface area contributed by atoms with Crippen LogP contribution in [0.4, 0.5) is 0 Å². The van der Waals surface area contributed by atoms with Crippen LogP contribution in [0.3, 0.4) is 0 Å². The molecule has 1 heterocycles. The van der Waals surface area contributed by atoms with Crippen molar-refractivity contribution in [3.63, 3.8) is 0 Å². The predicted octanol–water partition coefficient (Wildman–Crippen LogP) is 2.33. The number of hydrogen-bond acceptors (Lipinski definition) is 5. The molecule has 8 heteroatoms. The van der Waals surface area contributed by atoms with Gasteiger partial charge in [0, 0.05) is 18.9 Å². The molecule has 0 saturated carbocycles. The maximum absolute atomic E-state index is 12.8.